The lowest BCUT2D eigenvalue weighted by Crippen LogP contribution is -2.45. The number of carboxylic acids is 1. The molecular weight excluding hydrogens is 366 g/mol. The molecule has 0 radical (unpaired) electrons. The van der Waals surface area contributed by atoms with E-state index >= 15 is 0 Å². The van der Waals surface area contributed by atoms with Gasteiger partial charge in [0, 0.05) is 6.54 Å². The van der Waals surface area contributed by atoms with E-state index in [1.165, 1.54) is 0 Å². The Kier molecular flexibility index (Phi) is 5.79. The van der Waals surface area contributed by atoms with Crippen LogP contribution >= 0.6 is 0 Å². The molecule has 2 atom stereocenters. The molecule has 2 unspecified atom stereocenters. The van der Waals surface area contributed by atoms with Crippen molar-refractivity contribution in [3.63, 3.8) is 0 Å². The van der Waals surface area contributed by atoms with Gasteiger partial charge in [0.1, 0.15) is 5.25 Å². The van der Waals surface area contributed by atoms with E-state index in [9.17, 15) is 23.1 Å². The van der Waals surface area contributed by atoms with E-state index in [0.717, 1.165) is 16.3 Å². The molecule has 1 saturated heterocycles. The molecule has 0 bridgehead atoms. The zero-order chi connectivity index (χ0) is 19.4. The van der Waals surface area contributed by atoms with Gasteiger partial charge in [-0.1, -0.05) is 48.9 Å². The van der Waals surface area contributed by atoms with Crippen molar-refractivity contribution in [3.8, 4) is 0 Å². The lowest BCUT2D eigenvalue weighted by molar-refractivity contribution is -0.141. The van der Waals surface area contributed by atoms with Gasteiger partial charge in [-0.25, -0.2) is 8.42 Å². The molecule has 0 aliphatic carbocycles. The molecule has 1 aliphatic rings. The van der Waals surface area contributed by atoms with Crippen molar-refractivity contribution < 1.29 is 23.1 Å². The van der Waals surface area contributed by atoms with Crippen LogP contribution in [0.3, 0.4) is 0 Å². The summed E-state index contributed by atoms with van der Waals surface area (Å²) in [5, 5.41) is 13.1. The zero-order valence-electron chi connectivity index (χ0n) is 14.9. The van der Waals surface area contributed by atoms with Crippen LogP contribution in [-0.2, 0) is 25.8 Å². The van der Waals surface area contributed by atoms with Gasteiger partial charge in [-0.15, -0.1) is 0 Å². The van der Waals surface area contributed by atoms with E-state index in [0.29, 0.717) is 19.3 Å². The molecule has 3 rings (SSSR count). The highest BCUT2D eigenvalue weighted by atomic mass is 32.2. The molecule has 0 spiro atoms. The Hall–Kier alpha value is -2.41. The fraction of sp³-hybridized carbons (Fsp3) is 0.400. The molecule has 0 aromatic heterocycles. The number of rotatable bonds is 6. The van der Waals surface area contributed by atoms with Crippen LogP contribution < -0.4 is 5.32 Å². The number of carbonyl (C=O) groups excluding carboxylic acids is 1. The molecule has 1 heterocycles. The normalized spacial score (nSPS) is 20.1. The summed E-state index contributed by atoms with van der Waals surface area (Å²) in [7, 11) is -3.43. The number of aliphatic carboxylic acids is 1. The van der Waals surface area contributed by atoms with Gasteiger partial charge in [0.2, 0.25) is 5.91 Å². The molecule has 2 aromatic rings. The van der Waals surface area contributed by atoms with Gasteiger partial charge in [-0.2, -0.15) is 0 Å². The topological polar surface area (TPSA) is 101 Å². The number of benzene rings is 2. The predicted molar refractivity (Wildman–Crippen MR) is 103 cm³/mol. The standard InChI is InChI=1S/C20H23NO5S/c22-19(18-7-3-4-10-27(18,25)26)21-13-17(20(23)24)12-14-8-9-15-5-1-2-6-16(15)11-14/h1-2,5-6,8-9,11,17-18H,3-4,7,10,12-13H2,(H,21,22)(H,23,24). The number of amides is 1. The molecule has 2 N–H and O–H groups in total. The van der Waals surface area contributed by atoms with Crippen molar-refractivity contribution >= 4 is 32.5 Å². The zero-order valence-corrected chi connectivity index (χ0v) is 15.7. The Labute approximate surface area is 158 Å². The molecule has 2 aromatic carbocycles. The average molecular weight is 389 g/mol. The van der Waals surface area contributed by atoms with Gasteiger partial charge in [-0.05, 0) is 35.6 Å². The number of carboxylic acid groups (broad SMARTS) is 1. The van der Waals surface area contributed by atoms with E-state index in [2.05, 4.69) is 5.32 Å². The minimum absolute atomic E-state index is 0.0184. The van der Waals surface area contributed by atoms with E-state index < -0.39 is 32.9 Å². The van der Waals surface area contributed by atoms with Crippen LogP contribution in [0.4, 0.5) is 0 Å². The van der Waals surface area contributed by atoms with Crippen LogP contribution in [0.2, 0.25) is 0 Å². The van der Waals surface area contributed by atoms with Crippen molar-refractivity contribution in [2.75, 3.05) is 12.3 Å². The van der Waals surface area contributed by atoms with Crippen LogP contribution in [0.15, 0.2) is 42.5 Å². The van der Waals surface area contributed by atoms with Crippen molar-refractivity contribution in [1.82, 2.24) is 5.32 Å². The minimum atomic E-state index is -3.43. The number of nitrogens with one attached hydrogen (secondary N) is 1. The Morgan fingerprint density at radius 1 is 1.11 bits per heavy atom. The summed E-state index contributed by atoms with van der Waals surface area (Å²) >= 11 is 0. The van der Waals surface area contributed by atoms with Gasteiger partial charge in [0.05, 0.1) is 11.7 Å². The molecule has 6 nitrogen and oxygen atoms in total. The SMILES string of the molecule is O=C(O)C(CNC(=O)C1CCCCS1(=O)=O)Cc1ccc2ccccc2c1. The van der Waals surface area contributed by atoms with Crippen molar-refractivity contribution in [1.29, 1.82) is 0 Å². The summed E-state index contributed by atoms with van der Waals surface area (Å²) in [6.45, 7) is -0.0903. The maximum absolute atomic E-state index is 12.3. The average Bonchev–Trinajstić information content (AvgIpc) is 2.64. The third-order valence-corrected chi connectivity index (χ3v) is 7.21. The highest BCUT2D eigenvalue weighted by Gasteiger charge is 2.35. The van der Waals surface area contributed by atoms with Crippen molar-refractivity contribution in [2.24, 2.45) is 5.92 Å². The summed E-state index contributed by atoms with van der Waals surface area (Å²) in [4.78, 5) is 23.9. The molecular formula is C20H23NO5S. The van der Waals surface area contributed by atoms with E-state index in [1.807, 2.05) is 42.5 Å². The monoisotopic (exact) mass is 389 g/mol. The first-order valence-electron chi connectivity index (χ1n) is 9.06. The lowest BCUT2D eigenvalue weighted by Gasteiger charge is -2.22. The molecule has 7 heteroatoms. The summed E-state index contributed by atoms with van der Waals surface area (Å²) in [5.41, 5.74) is 0.862. The molecule has 1 amide bonds. The van der Waals surface area contributed by atoms with Gasteiger partial charge in [-0.3, -0.25) is 9.59 Å². The quantitative estimate of drug-likeness (QED) is 0.789. The van der Waals surface area contributed by atoms with Crippen LogP contribution in [-0.4, -0.2) is 42.9 Å². The minimum Gasteiger partial charge on any atom is -0.481 e. The van der Waals surface area contributed by atoms with Crippen molar-refractivity contribution in [3.05, 3.63) is 48.0 Å². The van der Waals surface area contributed by atoms with Gasteiger partial charge < -0.3 is 10.4 Å². The van der Waals surface area contributed by atoms with Crippen LogP contribution in [0.25, 0.3) is 10.8 Å². The Morgan fingerprint density at radius 3 is 2.56 bits per heavy atom. The van der Waals surface area contributed by atoms with Crippen molar-refractivity contribution in [2.45, 2.75) is 30.9 Å². The van der Waals surface area contributed by atoms with E-state index in [-0.39, 0.29) is 18.7 Å². The first kappa shape index (κ1) is 19.4. The summed E-state index contributed by atoms with van der Waals surface area (Å²) in [5.74, 6) is -2.40. The van der Waals surface area contributed by atoms with Crippen LogP contribution in [0, 0.1) is 5.92 Å². The van der Waals surface area contributed by atoms with Gasteiger partial charge in [0.15, 0.2) is 9.84 Å². The maximum Gasteiger partial charge on any atom is 0.308 e. The Bertz CT molecular complexity index is 954. The number of hydrogen-bond acceptors (Lipinski definition) is 4. The van der Waals surface area contributed by atoms with Gasteiger partial charge >= 0.3 is 5.97 Å². The summed E-state index contributed by atoms with van der Waals surface area (Å²) in [6.07, 6.45) is 1.83. The number of sulfone groups is 1. The fourth-order valence-electron chi connectivity index (χ4n) is 3.48. The smallest absolute Gasteiger partial charge is 0.308 e. The Balaban J connectivity index is 1.66. The number of hydrogen-bond donors (Lipinski definition) is 2. The number of fused-ring (bicyclic) bond motifs is 1. The second kappa shape index (κ2) is 8.08. The van der Waals surface area contributed by atoms with Crippen LogP contribution in [0.1, 0.15) is 24.8 Å². The number of carbonyl (C=O) groups is 2. The predicted octanol–water partition coefficient (Wildman–Crippen LogP) is 2.17. The molecule has 1 aliphatic heterocycles. The third kappa shape index (κ3) is 4.66. The first-order chi connectivity index (χ1) is 12.9. The highest BCUT2D eigenvalue weighted by Crippen LogP contribution is 2.20. The second-order valence-corrected chi connectivity index (χ2v) is 9.32. The molecule has 27 heavy (non-hydrogen) atoms. The lowest BCUT2D eigenvalue weighted by atomic mass is 9.97. The van der Waals surface area contributed by atoms with E-state index in [4.69, 9.17) is 0 Å². The molecule has 0 saturated carbocycles. The van der Waals surface area contributed by atoms with Gasteiger partial charge in [0.25, 0.3) is 0 Å². The van der Waals surface area contributed by atoms with Crippen LogP contribution in [0.5, 0.6) is 0 Å². The summed E-state index contributed by atoms with van der Waals surface area (Å²) < 4.78 is 24.1. The third-order valence-electron chi connectivity index (χ3n) is 5.04. The maximum atomic E-state index is 12.3. The first-order valence-corrected chi connectivity index (χ1v) is 10.8. The second-order valence-electron chi connectivity index (χ2n) is 7.02. The highest BCUT2D eigenvalue weighted by molar-refractivity contribution is 7.92. The molecule has 1 fully saturated rings. The largest absolute Gasteiger partial charge is 0.481 e. The Morgan fingerprint density at radius 2 is 1.85 bits per heavy atom. The van der Waals surface area contributed by atoms with E-state index in [1.54, 1.807) is 0 Å². The summed E-state index contributed by atoms with van der Waals surface area (Å²) in [6, 6.07) is 13.6. The fourth-order valence-corrected chi connectivity index (χ4v) is 5.31. The molecule has 144 valence electrons.